The first-order chi connectivity index (χ1) is 10.7. The van der Waals surface area contributed by atoms with Gasteiger partial charge in [0.15, 0.2) is 5.17 Å². The Balaban J connectivity index is 2.60. The monoisotopic (exact) mass is 342 g/mol. The van der Waals surface area contributed by atoms with Gasteiger partial charge in [-0.1, -0.05) is 25.6 Å². The van der Waals surface area contributed by atoms with E-state index in [0.29, 0.717) is 11.6 Å². The molecule has 0 radical (unpaired) electrons. The van der Waals surface area contributed by atoms with E-state index in [1.807, 2.05) is 13.8 Å². The molecule has 0 bridgehead atoms. The first-order valence-electron chi connectivity index (χ1n) is 7.27. The van der Waals surface area contributed by atoms with Crippen molar-refractivity contribution in [1.82, 2.24) is 10.6 Å². The Morgan fingerprint density at radius 1 is 1.39 bits per heavy atom. The van der Waals surface area contributed by atoms with Crippen LogP contribution in [0.25, 0.3) is 0 Å². The summed E-state index contributed by atoms with van der Waals surface area (Å²) in [5, 5.41) is 21.5. The third-order valence-electron chi connectivity index (χ3n) is 2.83. The summed E-state index contributed by atoms with van der Waals surface area (Å²) in [7, 11) is 0. The lowest BCUT2D eigenvalue weighted by molar-refractivity contribution is -0.142. The molecule has 0 aromatic carbocycles. The van der Waals surface area contributed by atoms with Crippen molar-refractivity contribution >= 4 is 40.4 Å². The fourth-order valence-electron chi connectivity index (χ4n) is 1.85. The first-order valence-corrected chi connectivity index (χ1v) is 8.15. The number of hydrogen-bond donors (Lipinski definition) is 3. The van der Waals surface area contributed by atoms with Gasteiger partial charge < -0.3 is 15.7 Å². The van der Waals surface area contributed by atoms with E-state index in [1.165, 1.54) is 0 Å². The summed E-state index contributed by atoms with van der Waals surface area (Å²) < 4.78 is 0. The van der Waals surface area contributed by atoms with Crippen molar-refractivity contribution in [1.29, 1.82) is 0 Å². The second-order valence-corrected chi connectivity index (χ2v) is 7.03. The zero-order valence-electron chi connectivity index (χ0n) is 13.6. The summed E-state index contributed by atoms with van der Waals surface area (Å²) in [6.07, 6.45) is 0.231. The van der Waals surface area contributed by atoms with E-state index < -0.39 is 23.2 Å². The van der Waals surface area contributed by atoms with Crippen LogP contribution in [0, 0.1) is 5.92 Å². The number of thioether (sulfide) groups is 1. The van der Waals surface area contributed by atoms with Crippen molar-refractivity contribution in [3.05, 3.63) is 0 Å². The van der Waals surface area contributed by atoms with Gasteiger partial charge in [-0.15, -0.1) is 5.10 Å². The second-order valence-electron chi connectivity index (χ2n) is 5.84. The minimum absolute atomic E-state index is 0.105. The van der Waals surface area contributed by atoms with Gasteiger partial charge in [0.05, 0.1) is 0 Å². The van der Waals surface area contributed by atoms with Crippen LogP contribution in [0.2, 0.25) is 0 Å². The number of rotatable bonds is 7. The average molecular weight is 342 g/mol. The maximum absolute atomic E-state index is 12.0. The number of amides is 2. The molecule has 3 N–H and O–H groups in total. The van der Waals surface area contributed by atoms with E-state index in [9.17, 15) is 14.4 Å². The fraction of sp³-hybridized carbons (Fsp3) is 0.643. The van der Waals surface area contributed by atoms with E-state index in [-0.39, 0.29) is 18.2 Å². The van der Waals surface area contributed by atoms with Crippen molar-refractivity contribution in [3.63, 3.8) is 0 Å². The molecule has 1 saturated heterocycles. The highest BCUT2D eigenvalue weighted by atomic mass is 32.2. The van der Waals surface area contributed by atoms with Crippen molar-refractivity contribution in [3.8, 4) is 0 Å². The smallest absolute Gasteiger partial charge is 0.326 e. The quantitative estimate of drug-likeness (QED) is 0.470. The number of carbonyl (C=O) groups is 3. The van der Waals surface area contributed by atoms with E-state index in [0.717, 1.165) is 17.5 Å². The fourth-order valence-corrected chi connectivity index (χ4v) is 2.76. The maximum Gasteiger partial charge on any atom is 0.326 e. The molecule has 1 fully saturated rings. The maximum atomic E-state index is 12.0. The van der Waals surface area contributed by atoms with E-state index in [1.54, 1.807) is 13.8 Å². The van der Waals surface area contributed by atoms with Crippen LogP contribution in [0.1, 0.15) is 40.5 Å². The van der Waals surface area contributed by atoms with Gasteiger partial charge in [0.2, 0.25) is 11.8 Å². The number of carboxylic acids is 1. The van der Waals surface area contributed by atoms with Crippen molar-refractivity contribution < 1.29 is 19.5 Å². The molecular weight excluding hydrogens is 320 g/mol. The molecule has 9 heteroatoms. The molecule has 1 aliphatic heterocycles. The van der Waals surface area contributed by atoms with Gasteiger partial charge in [-0.3, -0.25) is 9.59 Å². The van der Waals surface area contributed by atoms with Crippen LogP contribution >= 0.6 is 11.8 Å². The van der Waals surface area contributed by atoms with Crippen molar-refractivity contribution in [2.24, 2.45) is 16.1 Å². The number of carbonyl (C=O) groups excluding carboxylic acids is 2. The van der Waals surface area contributed by atoms with E-state index in [2.05, 4.69) is 20.8 Å². The van der Waals surface area contributed by atoms with E-state index >= 15 is 0 Å². The predicted octanol–water partition coefficient (Wildman–Crippen LogP) is 0.975. The third kappa shape index (κ3) is 6.81. The molecule has 2 amide bonds. The SMILES string of the molecule is CC(C)=N/N=C1\NC(=O)C(CC(=O)NC(CC(C)C)C(=O)O)S1. The summed E-state index contributed by atoms with van der Waals surface area (Å²) in [6, 6.07) is -0.947. The third-order valence-corrected chi connectivity index (χ3v) is 3.90. The Hall–Kier alpha value is -1.90. The lowest BCUT2D eigenvalue weighted by atomic mass is 10.0. The zero-order chi connectivity index (χ0) is 17.6. The molecule has 23 heavy (non-hydrogen) atoms. The van der Waals surface area contributed by atoms with Crippen LogP contribution in [0.5, 0.6) is 0 Å². The van der Waals surface area contributed by atoms with Gasteiger partial charge in [0.25, 0.3) is 0 Å². The lowest BCUT2D eigenvalue weighted by Crippen LogP contribution is -2.43. The minimum atomic E-state index is -1.08. The predicted molar refractivity (Wildman–Crippen MR) is 89.4 cm³/mol. The van der Waals surface area contributed by atoms with Gasteiger partial charge in [-0.25, -0.2) is 4.79 Å². The molecule has 0 spiro atoms. The second kappa shape index (κ2) is 8.66. The molecule has 2 atom stereocenters. The molecule has 0 aliphatic carbocycles. The van der Waals surface area contributed by atoms with Crippen LogP contribution < -0.4 is 10.6 Å². The zero-order valence-corrected chi connectivity index (χ0v) is 14.4. The summed E-state index contributed by atoms with van der Waals surface area (Å²) in [5.74, 6) is -1.74. The number of amidine groups is 1. The van der Waals surface area contributed by atoms with Crippen molar-refractivity contribution in [2.75, 3.05) is 0 Å². The molecule has 128 valence electrons. The highest BCUT2D eigenvalue weighted by Gasteiger charge is 2.33. The van der Waals surface area contributed by atoms with Crippen LogP contribution in [0.4, 0.5) is 0 Å². The number of carboxylic acid groups (broad SMARTS) is 1. The minimum Gasteiger partial charge on any atom is -0.480 e. The molecule has 0 saturated carbocycles. The first kappa shape index (κ1) is 19.1. The normalized spacial score (nSPS) is 20.3. The molecule has 1 heterocycles. The Morgan fingerprint density at radius 3 is 2.57 bits per heavy atom. The van der Waals surface area contributed by atoms with Crippen LogP contribution in [0.3, 0.4) is 0 Å². The largest absolute Gasteiger partial charge is 0.480 e. The molecular formula is C14H22N4O4S. The number of nitrogens with zero attached hydrogens (tertiary/aromatic N) is 2. The molecule has 0 aromatic heterocycles. The molecule has 1 aliphatic rings. The Bertz CT molecular complexity index is 541. The van der Waals surface area contributed by atoms with Crippen molar-refractivity contribution in [2.45, 2.75) is 51.8 Å². The van der Waals surface area contributed by atoms with Gasteiger partial charge in [0, 0.05) is 12.1 Å². The Morgan fingerprint density at radius 2 is 2.04 bits per heavy atom. The highest BCUT2D eigenvalue weighted by Crippen LogP contribution is 2.22. The van der Waals surface area contributed by atoms with Gasteiger partial charge >= 0.3 is 5.97 Å². The topological polar surface area (TPSA) is 120 Å². The van der Waals surface area contributed by atoms with Crippen LogP contribution in [-0.2, 0) is 14.4 Å². The van der Waals surface area contributed by atoms with Gasteiger partial charge in [-0.2, -0.15) is 5.10 Å². The molecule has 2 unspecified atom stereocenters. The van der Waals surface area contributed by atoms with Gasteiger partial charge in [-0.05, 0) is 26.2 Å². The number of nitrogens with one attached hydrogen (secondary N) is 2. The van der Waals surface area contributed by atoms with Crippen LogP contribution in [0.15, 0.2) is 10.2 Å². The summed E-state index contributed by atoms with van der Waals surface area (Å²) in [6.45, 7) is 7.30. The highest BCUT2D eigenvalue weighted by molar-refractivity contribution is 8.15. The number of aliphatic carboxylic acids is 1. The number of hydrogen-bond acceptors (Lipinski definition) is 6. The molecule has 1 rings (SSSR count). The Kier molecular flexibility index (Phi) is 7.21. The van der Waals surface area contributed by atoms with Crippen LogP contribution in [-0.4, -0.2) is 45.1 Å². The standard InChI is InChI=1S/C14H22N4O4S/c1-7(2)5-9(13(21)22)15-11(19)6-10-12(20)16-14(23-10)18-17-8(3)4/h7,9-10H,5-6H2,1-4H3,(H,15,19)(H,21,22)(H,16,18,20). The molecule has 8 nitrogen and oxygen atoms in total. The van der Waals surface area contributed by atoms with Gasteiger partial charge in [0.1, 0.15) is 11.3 Å². The summed E-state index contributed by atoms with van der Waals surface area (Å²) in [5.41, 5.74) is 0.742. The average Bonchev–Trinajstić information content (AvgIpc) is 2.75. The van der Waals surface area contributed by atoms with E-state index in [4.69, 9.17) is 5.11 Å². The summed E-state index contributed by atoms with van der Waals surface area (Å²) in [4.78, 5) is 34.9. The Labute approximate surface area is 139 Å². The molecule has 0 aromatic rings. The lowest BCUT2D eigenvalue weighted by Gasteiger charge is -2.17. The summed E-state index contributed by atoms with van der Waals surface area (Å²) >= 11 is 1.11.